The Balaban J connectivity index is 3.47. The van der Waals surface area contributed by atoms with E-state index in [-0.39, 0.29) is 0 Å². The number of phenols is 1. The first-order chi connectivity index (χ1) is 8.42. The second kappa shape index (κ2) is 5.07. The Morgan fingerprint density at radius 2 is 1.79 bits per heavy atom. The molecule has 0 saturated heterocycles. The quantitative estimate of drug-likeness (QED) is 0.552. The standard InChI is InChI=1S/C6H6ClFN2O7S2/c7-3-1-4(8)5(2-6(3)11)10(19(15,16)17)9-18(12,13)14/h1-2,9,11H,(H,12,13,14)(H,15,16,17)/p-2. The van der Waals surface area contributed by atoms with E-state index in [0.29, 0.717) is 12.1 Å². The maximum Gasteiger partial charge on any atom is 0.199 e. The van der Waals surface area contributed by atoms with Gasteiger partial charge in [0.2, 0.25) is 0 Å². The molecule has 13 heteroatoms. The molecule has 0 aliphatic rings. The molecular weight excluding hydrogens is 331 g/mol. The molecule has 0 aliphatic carbocycles. The molecule has 0 spiro atoms. The summed E-state index contributed by atoms with van der Waals surface area (Å²) in [6.45, 7) is 0. The Labute approximate surface area is 112 Å². The van der Waals surface area contributed by atoms with Crippen LogP contribution in [0.2, 0.25) is 5.02 Å². The molecule has 0 amide bonds. The first kappa shape index (κ1) is 15.9. The lowest BCUT2D eigenvalue weighted by Crippen LogP contribution is -2.46. The number of nitrogens with one attached hydrogen (secondary N) is 1. The monoisotopic (exact) mass is 334 g/mol. The number of anilines is 1. The molecule has 0 atom stereocenters. The number of hydrogen-bond donors (Lipinski definition) is 2. The number of hydrogen-bond acceptors (Lipinski definition) is 7. The Morgan fingerprint density at radius 1 is 1.26 bits per heavy atom. The molecule has 0 bridgehead atoms. The van der Waals surface area contributed by atoms with Crippen LogP contribution >= 0.6 is 11.6 Å². The lowest BCUT2D eigenvalue weighted by Gasteiger charge is -2.28. The van der Waals surface area contributed by atoms with Crippen molar-refractivity contribution in [3.63, 3.8) is 0 Å². The van der Waals surface area contributed by atoms with Gasteiger partial charge >= 0.3 is 0 Å². The predicted octanol–water partition coefficient (Wildman–Crippen LogP) is -0.584. The van der Waals surface area contributed by atoms with Crippen molar-refractivity contribution in [2.24, 2.45) is 0 Å². The van der Waals surface area contributed by atoms with Gasteiger partial charge in [0.1, 0.15) is 11.4 Å². The minimum absolute atomic E-state index is 0.352. The van der Waals surface area contributed by atoms with Crippen LogP contribution in [0.3, 0.4) is 0 Å². The minimum atomic E-state index is -5.60. The van der Waals surface area contributed by atoms with Gasteiger partial charge in [0.25, 0.3) is 0 Å². The van der Waals surface area contributed by atoms with Crippen LogP contribution in [0.1, 0.15) is 0 Å². The fraction of sp³-hybridized carbons (Fsp3) is 0. The van der Waals surface area contributed by atoms with Crippen LogP contribution < -0.4 is 9.25 Å². The fourth-order valence-electron chi connectivity index (χ4n) is 0.999. The van der Waals surface area contributed by atoms with Crippen molar-refractivity contribution >= 4 is 37.9 Å². The highest BCUT2D eigenvalue weighted by Gasteiger charge is 2.21. The van der Waals surface area contributed by atoms with E-state index >= 15 is 0 Å². The second-order valence-electron chi connectivity index (χ2n) is 3.02. The van der Waals surface area contributed by atoms with Crippen molar-refractivity contribution < 1.29 is 35.4 Å². The van der Waals surface area contributed by atoms with Crippen LogP contribution in [0.4, 0.5) is 10.1 Å². The highest BCUT2D eigenvalue weighted by atomic mass is 35.5. The molecule has 108 valence electrons. The van der Waals surface area contributed by atoms with Crippen molar-refractivity contribution in [3.8, 4) is 5.75 Å². The SMILES string of the molecule is O=S(=O)([O-])NN(c1cc(O)c(Cl)cc1F)S(=O)(=O)[O-]. The summed E-state index contributed by atoms with van der Waals surface area (Å²) in [5.74, 6) is -2.30. The maximum atomic E-state index is 13.4. The summed E-state index contributed by atoms with van der Waals surface area (Å²) >= 11 is 5.30. The molecule has 1 rings (SSSR count). The molecule has 0 unspecified atom stereocenters. The van der Waals surface area contributed by atoms with Crippen LogP contribution in [0.25, 0.3) is 0 Å². The van der Waals surface area contributed by atoms with Crippen LogP contribution in [0, 0.1) is 5.82 Å². The topological polar surface area (TPSA) is 150 Å². The molecule has 0 saturated carbocycles. The molecule has 9 nitrogen and oxygen atoms in total. The number of benzene rings is 1. The van der Waals surface area contributed by atoms with Gasteiger partial charge in [-0.3, -0.25) is 0 Å². The number of halogens is 2. The summed E-state index contributed by atoms with van der Waals surface area (Å²) < 4.78 is 76.2. The molecular formula is C6H4ClFN2O7S2-2. The Bertz CT molecular complexity index is 705. The molecule has 0 aromatic heterocycles. The zero-order chi connectivity index (χ0) is 15.0. The first-order valence-electron chi connectivity index (χ1n) is 4.09. The summed E-state index contributed by atoms with van der Waals surface area (Å²) in [5, 5.41) is 8.64. The van der Waals surface area contributed by atoms with Crippen molar-refractivity contribution in [2.45, 2.75) is 0 Å². The Kier molecular flexibility index (Phi) is 4.23. The van der Waals surface area contributed by atoms with Gasteiger partial charge in [-0.2, -0.15) is 4.41 Å². The Morgan fingerprint density at radius 3 is 2.21 bits per heavy atom. The highest BCUT2D eigenvalue weighted by molar-refractivity contribution is 7.89. The van der Waals surface area contributed by atoms with Crippen molar-refractivity contribution in [1.29, 1.82) is 0 Å². The average molecular weight is 335 g/mol. The fourth-order valence-corrected chi connectivity index (χ4v) is 2.47. The largest absolute Gasteiger partial charge is 0.734 e. The summed E-state index contributed by atoms with van der Waals surface area (Å²) in [4.78, 5) is 0.755. The molecule has 0 heterocycles. The summed E-state index contributed by atoms with van der Waals surface area (Å²) in [6.07, 6.45) is 0. The normalized spacial score (nSPS) is 12.4. The Hall–Kier alpha value is -1.18. The lowest BCUT2D eigenvalue weighted by atomic mass is 10.3. The number of hydrazine groups is 1. The van der Waals surface area contributed by atoms with Crippen LogP contribution in [0.5, 0.6) is 5.75 Å². The van der Waals surface area contributed by atoms with Crippen LogP contribution in [0.15, 0.2) is 12.1 Å². The third-order valence-electron chi connectivity index (χ3n) is 1.65. The maximum absolute atomic E-state index is 13.4. The summed E-state index contributed by atoms with van der Waals surface area (Å²) in [6, 6.07) is 0.773. The van der Waals surface area contributed by atoms with E-state index in [1.165, 1.54) is 0 Å². The van der Waals surface area contributed by atoms with Gasteiger partial charge in [-0.15, -0.1) is 4.83 Å². The molecule has 1 aromatic carbocycles. The van der Waals surface area contributed by atoms with Gasteiger partial charge < -0.3 is 14.2 Å². The molecule has 1 aromatic rings. The van der Waals surface area contributed by atoms with Gasteiger partial charge in [0.05, 0.1) is 5.02 Å². The van der Waals surface area contributed by atoms with E-state index < -0.39 is 47.3 Å². The molecule has 2 N–H and O–H groups in total. The van der Waals surface area contributed by atoms with Gasteiger partial charge in [-0.1, -0.05) is 11.6 Å². The van der Waals surface area contributed by atoms with Crippen molar-refractivity contribution in [3.05, 3.63) is 23.0 Å². The van der Waals surface area contributed by atoms with E-state index in [9.17, 15) is 30.3 Å². The minimum Gasteiger partial charge on any atom is -0.734 e. The summed E-state index contributed by atoms with van der Waals surface area (Å²) in [7, 11) is -11.0. The molecule has 0 aliphatic heterocycles. The zero-order valence-corrected chi connectivity index (χ0v) is 11.0. The molecule has 19 heavy (non-hydrogen) atoms. The zero-order valence-electron chi connectivity index (χ0n) is 8.57. The van der Waals surface area contributed by atoms with Gasteiger partial charge in [0, 0.05) is 6.07 Å². The van der Waals surface area contributed by atoms with E-state index in [2.05, 4.69) is 0 Å². The van der Waals surface area contributed by atoms with E-state index in [1.54, 1.807) is 0 Å². The molecule has 0 fully saturated rings. The second-order valence-corrected chi connectivity index (χ2v) is 5.74. The third kappa shape index (κ3) is 4.15. The van der Waals surface area contributed by atoms with E-state index in [1.807, 2.05) is 0 Å². The van der Waals surface area contributed by atoms with E-state index in [0.717, 1.165) is 4.83 Å². The van der Waals surface area contributed by atoms with Gasteiger partial charge in [0.15, 0.2) is 26.4 Å². The van der Waals surface area contributed by atoms with Crippen LogP contribution in [-0.4, -0.2) is 31.0 Å². The number of nitrogens with zero attached hydrogens (tertiary/aromatic N) is 1. The third-order valence-corrected chi connectivity index (χ3v) is 3.21. The predicted molar refractivity (Wildman–Crippen MR) is 58.1 cm³/mol. The average Bonchev–Trinajstić information content (AvgIpc) is 2.17. The van der Waals surface area contributed by atoms with E-state index in [4.69, 9.17) is 16.7 Å². The van der Waals surface area contributed by atoms with Gasteiger partial charge in [-0.05, 0) is 6.07 Å². The van der Waals surface area contributed by atoms with Crippen LogP contribution in [-0.2, 0) is 20.6 Å². The number of rotatable bonds is 4. The summed E-state index contributed by atoms with van der Waals surface area (Å²) in [5.41, 5.74) is -1.21. The first-order valence-corrected chi connectivity index (χ1v) is 7.24. The number of phenolic OH excluding ortho intramolecular Hbond substituents is 1. The smallest absolute Gasteiger partial charge is 0.199 e. The van der Waals surface area contributed by atoms with Crippen molar-refractivity contribution in [2.75, 3.05) is 4.41 Å². The highest BCUT2D eigenvalue weighted by Crippen LogP contribution is 2.31. The van der Waals surface area contributed by atoms with Crippen molar-refractivity contribution in [1.82, 2.24) is 4.83 Å². The molecule has 0 radical (unpaired) electrons. The van der Waals surface area contributed by atoms with Gasteiger partial charge in [-0.25, -0.2) is 21.2 Å². The lowest BCUT2D eigenvalue weighted by molar-refractivity contribution is 0.431. The number of aromatic hydroxyl groups is 1.